The molecule has 130 valence electrons. The van der Waals surface area contributed by atoms with Crippen LogP contribution in [-0.4, -0.2) is 61.8 Å². The molecular formula is C15H28O7. The van der Waals surface area contributed by atoms with Gasteiger partial charge >= 0.3 is 11.9 Å². The highest BCUT2D eigenvalue weighted by molar-refractivity contribution is 5.72. The van der Waals surface area contributed by atoms with E-state index in [1.54, 1.807) is 7.11 Å². The fraction of sp³-hybridized carbons (Fsp3) is 0.867. The Balaban J connectivity index is 3.83. The van der Waals surface area contributed by atoms with E-state index in [1.807, 2.05) is 27.7 Å². The third-order valence-electron chi connectivity index (χ3n) is 3.16. The van der Waals surface area contributed by atoms with E-state index in [1.165, 1.54) is 0 Å². The van der Waals surface area contributed by atoms with Gasteiger partial charge in [0.1, 0.15) is 13.2 Å². The van der Waals surface area contributed by atoms with Crippen LogP contribution in [0, 0.1) is 0 Å². The number of ether oxygens (including phenoxy) is 4. The molecule has 0 aliphatic carbocycles. The number of hydrogen-bond donors (Lipinski definition) is 1. The van der Waals surface area contributed by atoms with Crippen LogP contribution in [0.3, 0.4) is 0 Å². The fourth-order valence-electron chi connectivity index (χ4n) is 1.42. The second-order valence-electron chi connectivity index (χ2n) is 6.18. The molecule has 0 aromatic carbocycles. The lowest BCUT2D eigenvalue weighted by atomic mass is 10.0. The number of methoxy groups -OCH3 is 1. The number of carbonyl (C=O) groups excluding carboxylic acids is 1. The van der Waals surface area contributed by atoms with Gasteiger partial charge in [0, 0.05) is 13.5 Å². The monoisotopic (exact) mass is 320 g/mol. The van der Waals surface area contributed by atoms with E-state index < -0.39 is 24.1 Å². The van der Waals surface area contributed by atoms with Gasteiger partial charge in [-0.15, -0.1) is 0 Å². The standard InChI is InChI=1S/C15H28O7/c1-14(2,19-5)7-9-22-15(3,4)6-8-21-13(18)11-20-10-12(16)17/h6-11H2,1-5H3,(H,16,17). The molecule has 0 amide bonds. The zero-order valence-corrected chi connectivity index (χ0v) is 14.1. The molecule has 0 rings (SSSR count). The average Bonchev–Trinajstić information content (AvgIpc) is 2.37. The van der Waals surface area contributed by atoms with Crippen molar-refractivity contribution in [3.05, 3.63) is 0 Å². The number of carboxylic acids is 1. The molecule has 0 fully saturated rings. The molecule has 0 atom stereocenters. The zero-order chi connectivity index (χ0) is 17.2. The predicted octanol–water partition coefficient (Wildman–Crippen LogP) is 1.63. The Morgan fingerprint density at radius 2 is 1.55 bits per heavy atom. The molecule has 7 heteroatoms. The quantitative estimate of drug-likeness (QED) is 0.546. The zero-order valence-electron chi connectivity index (χ0n) is 14.1. The van der Waals surface area contributed by atoms with Crippen molar-refractivity contribution in [2.24, 2.45) is 0 Å². The van der Waals surface area contributed by atoms with Gasteiger partial charge in [0.25, 0.3) is 0 Å². The van der Waals surface area contributed by atoms with E-state index in [2.05, 4.69) is 4.74 Å². The molecule has 0 radical (unpaired) electrons. The Morgan fingerprint density at radius 1 is 0.955 bits per heavy atom. The van der Waals surface area contributed by atoms with Gasteiger partial charge in [0.2, 0.25) is 0 Å². The van der Waals surface area contributed by atoms with Crippen LogP contribution in [0.5, 0.6) is 0 Å². The molecule has 0 bridgehead atoms. The first-order chi connectivity index (χ1) is 10.1. The van der Waals surface area contributed by atoms with Crippen molar-refractivity contribution in [3.8, 4) is 0 Å². The van der Waals surface area contributed by atoms with Crippen molar-refractivity contribution in [1.29, 1.82) is 0 Å². The molecule has 0 spiro atoms. The van der Waals surface area contributed by atoms with Gasteiger partial charge in [-0.1, -0.05) is 0 Å². The third kappa shape index (κ3) is 11.5. The van der Waals surface area contributed by atoms with Crippen LogP contribution >= 0.6 is 0 Å². The van der Waals surface area contributed by atoms with Crippen molar-refractivity contribution >= 4 is 11.9 Å². The summed E-state index contributed by atoms with van der Waals surface area (Å²) in [6.45, 7) is 7.67. The van der Waals surface area contributed by atoms with Crippen LogP contribution in [0.1, 0.15) is 40.5 Å². The summed E-state index contributed by atoms with van der Waals surface area (Å²) in [6.07, 6.45) is 1.29. The maximum atomic E-state index is 11.3. The molecule has 0 aromatic rings. The van der Waals surface area contributed by atoms with E-state index >= 15 is 0 Å². The summed E-state index contributed by atoms with van der Waals surface area (Å²) in [6, 6.07) is 0. The highest BCUT2D eigenvalue weighted by Gasteiger charge is 2.22. The third-order valence-corrected chi connectivity index (χ3v) is 3.16. The molecule has 0 saturated heterocycles. The highest BCUT2D eigenvalue weighted by atomic mass is 16.6. The molecular weight excluding hydrogens is 292 g/mol. The van der Waals surface area contributed by atoms with Crippen molar-refractivity contribution in [2.45, 2.75) is 51.7 Å². The molecule has 0 aliphatic rings. The van der Waals surface area contributed by atoms with Gasteiger partial charge in [-0.05, 0) is 34.1 Å². The first-order valence-corrected chi connectivity index (χ1v) is 7.22. The van der Waals surface area contributed by atoms with Gasteiger partial charge in [-0.2, -0.15) is 0 Å². The van der Waals surface area contributed by atoms with Gasteiger partial charge < -0.3 is 24.1 Å². The summed E-state index contributed by atoms with van der Waals surface area (Å²) in [7, 11) is 1.66. The number of carbonyl (C=O) groups is 2. The maximum absolute atomic E-state index is 11.3. The largest absolute Gasteiger partial charge is 0.480 e. The van der Waals surface area contributed by atoms with E-state index in [-0.39, 0.29) is 18.8 Å². The van der Waals surface area contributed by atoms with E-state index in [9.17, 15) is 9.59 Å². The predicted molar refractivity (Wildman–Crippen MR) is 79.8 cm³/mol. The SMILES string of the molecule is COC(C)(C)CCOC(C)(C)CCOC(=O)COCC(=O)O. The molecule has 22 heavy (non-hydrogen) atoms. The van der Waals surface area contributed by atoms with E-state index in [0.717, 1.165) is 6.42 Å². The van der Waals surface area contributed by atoms with Gasteiger partial charge in [0.15, 0.2) is 0 Å². The van der Waals surface area contributed by atoms with Crippen LogP contribution < -0.4 is 0 Å². The Bertz CT molecular complexity index is 350. The molecule has 0 aliphatic heterocycles. The van der Waals surface area contributed by atoms with Crippen molar-refractivity contribution < 1.29 is 33.6 Å². The molecule has 0 aromatic heterocycles. The van der Waals surface area contributed by atoms with Crippen molar-refractivity contribution in [1.82, 2.24) is 0 Å². The molecule has 0 unspecified atom stereocenters. The smallest absolute Gasteiger partial charge is 0.332 e. The topological polar surface area (TPSA) is 91.3 Å². The number of hydrogen-bond acceptors (Lipinski definition) is 6. The number of esters is 1. The first kappa shape index (κ1) is 20.8. The highest BCUT2D eigenvalue weighted by Crippen LogP contribution is 2.18. The summed E-state index contributed by atoms with van der Waals surface area (Å²) in [5.41, 5.74) is -0.657. The van der Waals surface area contributed by atoms with Gasteiger partial charge in [0.05, 0.1) is 24.4 Å². The van der Waals surface area contributed by atoms with Crippen LogP contribution in [0.2, 0.25) is 0 Å². The van der Waals surface area contributed by atoms with Gasteiger partial charge in [-0.3, -0.25) is 0 Å². The summed E-state index contributed by atoms with van der Waals surface area (Å²) < 4.78 is 20.7. The fourth-order valence-corrected chi connectivity index (χ4v) is 1.42. The number of rotatable bonds is 12. The Kier molecular flexibility index (Phi) is 9.24. The maximum Gasteiger partial charge on any atom is 0.332 e. The van der Waals surface area contributed by atoms with Crippen molar-refractivity contribution in [3.63, 3.8) is 0 Å². The first-order valence-electron chi connectivity index (χ1n) is 7.22. The normalized spacial score (nSPS) is 12.2. The number of aliphatic carboxylic acids is 1. The lowest BCUT2D eigenvalue weighted by molar-refractivity contribution is -0.154. The van der Waals surface area contributed by atoms with Crippen LogP contribution in [0.15, 0.2) is 0 Å². The summed E-state index contributed by atoms with van der Waals surface area (Å²) in [5.74, 6) is -1.71. The Labute approximate surface area is 131 Å². The van der Waals surface area contributed by atoms with Crippen LogP contribution in [0.4, 0.5) is 0 Å². The summed E-state index contributed by atoms with van der Waals surface area (Å²) in [5, 5.41) is 8.36. The second-order valence-corrected chi connectivity index (χ2v) is 6.18. The lowest BCUT2D eigenvalue weighted by Crippen LogP contribution is -2.31. The lowest BCUT2D eigenvalue weighted by Gasteiger charge is -2.28. The van der Waals surface area contributed by atoms with E-state index in [4.69, 9.17) is 19.3 Å². The summed E-state index contributed by atoms with van der Waals surface area (Å²) in [4.78, 5) is 21.5. The van der Waals surface area contributed by atoms with Crippen molar-refractivity contribution in [2.75, 3.05) is 33.5 Å². The summed E-state index contributed by atoms with van der Waals surface area (Å²) >= 11 is 0. The molecule has 0 saturated carbocycles. The minimum Gasteiger partial charge on any atom is -0.480 e. The number of carboxylic acid groups (broad SMARTS) is 1. The molecule has 7 nitrogen and oxygen atoms in total. The van der Waals surface area contributed by atoms with Gasteiger partial charge in [-0.25, -0.2) is 9.59 Å². The van der Waals surface area contributed by atoms with E-state index in [0.29, 0.717) is 13.0 Å². The second kappa shape index (κ2) is 9.76. The molecule has 1 N–H and O–H groups in total. The Morgan fingerprint density at radius 3 is 2.09 bits per heavy atom. The van der Waals surface area contributed by atoms with Crippen LogP contribution in [0.25, 0.3) is 0 Å². The minimum absolute atomic E-state index is 0.190. The Hall–Kier alpha value is -1.18. The average molecular weight is 320 g/mol. The van der Waals surface area contributed by atoms with Crippen LogP contribution in [-0.2, 0) is 28.5 Å². The molecule has 0 heterocycles. The minimum atomic E-state index is -1.12.